The van der Waals surface area contributed by atoms with Gasteiger partial charge in [-0.25, -0.2) is 0 Å². The summed E-state index contributed by atoms with van der Waals surface area (Å²) in [7, 11) is 0. The monoisotopic (exact) mass is 265 g/mol. The van der Waals surface area contributed by atoms with E-state index in [0.29, 0.717) is 17.9 Å². The van der Waals surface area contributed by atoms with Crippen molar-refractivity contribution in [2.24, 2.45) is 0 Å². The number of hydrogen-bond acceptors (Lipinski definition) is 3. The van der Waals surface area contributed by atoms with Crippen LogP contribution in [0.25, 0.3) is 0 Å². The molecule has 0 heterocycles. The molecule has 1 aromatic carbocycles. The van der Waals surface area contributed by atoms with Gasteiger partial charge < -0.3 is 5.32 Å². The zero-order valence-electron chi connectivity index (χ0n) is 11.1. The van der Waals surface area contributed by atoms with Crippen LogP contribution in [0.4, 0.5) is 5.69 Å². The number of carbonyl (C=O) groups excluding carboxylic acids is 2. The number of ketones is 1. The molecule has 1 aromatic rings. The number of rotatable bonds is 6. The number of nitrogens with one attached hydrogen (secondary N) is 1. The summed E-state index contributed by atoms with van der Waals surface area (Å²) in [4.78, 5) is 22.4. The van der Waals surface area contributed by atoms with Gasteiger partial charge in [0.05, 0.1) is 5.75 Å². The van der Waals surface area contributed by atoms with Crippen molar-refractivity contribution in [3.05, 3.63) is 29.3 Å². The van der Waals surface area contributed by atoms with E-state index in [2.05, 4.69) is 5.32 Å². The van der Waals surface area contributed by atoms with Crippen LogP contribution in [-0.4, -0.2) is 23.2 Å². The van der Waals surface area contributed by atoms with Gasteiger partial charge in [0.1, 0.15) is 5.78 Å². The van der Waals surface area contributed by atoms with E-state index in [1.807, 2.05) is 32.0 Å². The summed E-state index contributed by atoms with van der Waals surface area (Å²) in [5, 5.41) is 2.85. The van der Waals surface area contributed by atoms with E-state index >= 15 is 0 Å². The van der Waals surface area contributed by atoms with Crippen LogP contribution in [0.3, 0.4) is 0 Å². The first-order valence-corrected chi connectivity index (χ1v) is 7.09. The van der Waals surface area contributed by atoms with Crippen molar-refractivity contribution in [2.75, 3.05) is 16.8 Å². The van der Waals surface area contributed by atoms with Gasteiger partial charge in [-0.2, -0.15) is 11.8 Å². The van der Waals surface area contributed by atoms with E-state index in [4.69, 9.17) is 0 Å². The van der Waals surface area contributed by atoms with E-state index in [1.165, 1.54) is 17.3 Å². The summed E-state index contributed by atoms with van der Waals surface area (Å²) < 4.78 is 0. The number of carbonyl (C=O) groups is 2. The van der Waals surface area contributed by atoms with Gasteiger partial charge in [-0.3, -0.25) is 9.59 Å². The van der Waals surface area contributed by atoms with Crippen LogP contribution in [0.2, 0.25) is 0 Å². The largest absolute Gasteiger partial charge is 0.325 e. The Morgan fingerprint density at radius 2 is 1.94 bits per heavy atom. The molecule has 0 aliphatic carbocycles. The van der Waals surface area contributed by atoms with Crippen LogP contribution in [0, 0.1) is 13.8 Å². The first-order chi connectivity index (χ1) is 8.49. The van der Waals surface area contributed by atoms with Gasteiger partial charge in [-0.15, -0.1) is 0 Å². The summed E-state index contributed by atoms with van der Waals surface area (Å²) in [5.74, 6) is 1.24. The molecule has 3 nitrogen and oxygen atoms in total. The SMILES string of the molecule is CC(=O)CCSCC(=O)Nc1ccc(C)c(C)c1. The Morgan fingerprint density at radius 3 is 2.56 bits per heavy atom. The highest BCUT2D eigenvalue weighted by molar-refractivity contribution is 7.99. The average Bonchev–Trinajstić information content (AvgIpc) is 2.29. The molecule has 98 valence electrons. The molecule has 18 heavy (non-hydrogen) atoms. The molecule has 0 saturated carbocycles. The third-order valence-corrected chi connectivity index (χ3v) is 3.58. The smallest absolute Gasteiger partial charge is 0.234 e. The number of hydrogen-bond donors (Lipinski definition) is 1. The van der Waals surface area contributed by atoms with Gasteiger partial charge in [0.2, 0.25) is 5.91 Å². The Labute approximate surface area is 112 Å². The number of amides is 1. The molecule has 0 unspecified atom stereocenters. The van der Waals surface area contributed by atoms with Crippen LogP contribution in [0.5, 0.6) is 0 Å². The lowest BCUT2D eigenvalue weighted by Gasteiger charge is -2.07. The van der Waals surface area contributed by atoms with E-state index < -0.39 is 0 Å². The Bertz CT molecular complexity index is 443. The molecule has 0 atom stereocenters. The summed E-state index contributed by atoms with van der Waals surface area (Å²) in [5.41, 5.74) is 3.20. The van der Waals surface area contributed by atoms with E-state index in [1.54, 1.807) is 6.92 Å². The van der Waals surface area contributed by atoms with Crippen LogP contribution >= 0.6 is 11.8 Å². The number of thioether (sulfide) groups is 1. The van der Waals surface area contributed by atoms with Gasteiger partial charge in [-0.05, 0) is 44.0 Å². The molecule has 0 aliphatic rings. The Kier molecular flexibility index (Phi) is 5.92. The fraction of sp³-hybridized carbons (Fsp3) is 0.429. The molecule has 0 fully saturated rings. The lowest BCUT2D eigenvalue weighted by atomic mass is 10.1. The standard InChI is InChI=1S/C14H19NO2S/c1-10-4-5-13(8-11(10)2)15-14(17)9-18-7-6-12(3)16/h4-5,8H,6-7,9H2,1-3H3,(H,15,17). The zero-order chi connectivity index (χ0) is 13.5. The Morgan fingerprint density at radius 1 is 1.22 bits per heavy atom. The molecule has 0 spiro atoms. The fourth-order valence-electron chi connectivity index (χ4n) is 1.40. The topological polar surface area (TPSA) is 46.2 Å². The van der Waals surface area contributed by atoms with E-state index in [9.17, 15) is 9.59 Å². The van der Waals surface area contributed by atoms with Gasteiger partial charge in [-0.1, -0.05) is 6.07 Å². The molecular weight excluding hydrogens is 246 g/mol. The zero-order valence-corrected chi connectivity index (χ0v) is 11.9. The van der Waals surface area contributed by atoms with E-state index in [0.717, 1.165) is 11.3 Å². The minimum atomic E-state index is -0.0215. The third kappa shape index (κ3) is 5.36. The van der Waals surface area contributed by atoms with Gasteiger partial charge in [0, 0.05) is 17.9 Å². The first kappa shape index (κ1) is 14.8. The summed E-state index contributed by atoms with van der Waals surface area (Å²) >= 11 is 1.48. The highest BCUT2D eigenvalue weighted by Gasteiger charge is 2.04. The predicted molar refractivity (Wildman–Crippen MR) is 77.2 cm³/mol. The highest BCUT2D eigenvalue weighted by atomic mass is 32.2. The molecule has 0 aromatic heterocycles. The third-order valence-electron chi connectivity index (χ3n) is 2.62. The molecule has 0 aliphatic heterocycles. The van der Waals surface area contributed by atoms with Crippen LogP contribution < -0.4 is 5.32 Å². The number of benzene rings is 1. The van der Waals surface area contributed by atoms with Crippen LogP contribution in [-0.2, 0) is 9.59 Å². The summed E-state index contributed by atoms with van der Waals surface area (Å²) in [6.45, 7) is 5.63. The maximum absolute atomic E-state index is 11.6. The lowest BCUT2D eigenvalue weighted by molar-refractivity contribution is -0.116. The molecule has 0 saturated heterocycles. The second kappa shape index (κ2) is 7.21. The predicted octanol–water partition coefficient (Wildman–Crippen LogP) is 2.95. The molecule has 0 bridgehead atoms. The second-order valence-corrected chi connectivity index (χ2v) is 5.46. The molecule has 4 heteroatoms. The summed E-state index contributed by atoms with van der Waals surface area (Å²) in [6.07, 6.45) is 0.529. The number of Topliss-reactive ketones (excluding diaryl/α,β-unsaturated/α-hetero) is 1. The average molecular weight is 265 g/mol. The Hall–Kier alpha value is -1.29. The second-order valence-electron chi connectivity index (χ2n) is 4.35. The normalized spacial score (nSPS) is 10.2. The minimum Gasteiger partial charge on any atom is -0.325 e. The van der Waals surface area contributed by atoms with Crippen molar-refractivity contribution in [1.29, 1.82) is 0 Å². The molecule has 0 radical (unpaired) electrons. The molecule has 1 N–H and O–H groups in total. The van der Waals surface area contributed by atoms with Crippen molar-refractivity contribution in [1.82, 2.24) is 0 Å². The number of aryl methyl sites for hydroxylation is 2. The fourth-order valence-corrected chi connectivity index (χ4v) is 2.23. The highest BCUT2D eigenvalue weighted by Crippen LogP contribution is 2.14. The maximum Gasteiger partial charge on any atom is 0.234 e. The molecule has 1 amide bonds. The van der Waals surface area contributed by atoms with Gasteiger partial charge in [0.15, 0.2) is 0 Å². The minimum absolute atomic E-state index is 0.0215. The first-order valence-electron chi connectivity index (χ1n) is 5.93. The van der Waals surface area contributed by atoms with Crippen molar-refractivity contribution < 1.29 is 9.59 Å². The van der Waals surface area contributed by atoms with Crippen molar-refractivity contribution in [3.63, 3.8) is 0 Å². The molecular formula is C14H19NO2S. The number of anilines is 1. The van der Waals surface area contributed by atoms with Gasteiger partial charge >= 0.3 is 0 Å². The molecule has 1 rings (SSSR count). The van der Waals surface area contributed by atoms with Gasteiger partial charge in [0.25, 0.3) is 0 Å². The van der Waals surface area contributed by atoms with Crippen molar-refractivity contribution in [3.8, 4) is 0 Å². The maximum atomic E-state index is 11.6. The Balaban J connectivity index is 2.35. The van der Waals surface area contributed by atoms with Crippen LogP contribution in [0.1, 0.15) is 24.5 Å². The van der Waals surface area contributed by atoms with Crippen molar-refractivity contribution in [2.45, 2.75) is 27.2 Å². The van der Waals surface area contributed by atoms with E-state index in [-0.39, 0.29) is 11.7 Å². The lowest BCUT2D eigenvalue weighted by Crippen LogP contribution is -2.14. The summed E-state index contributed by atoms with van der Waals surface area (Å²) in [6, 6.07) is 5.86. The quantitative estimate of drug-likeness (QED) is 0.804. The van der Waals surface area contributed by atoms with Crippen LogP contribution in [0.15, 0.2) is 18.2 Å². The van der Waals surface area contributed by atoms with Crippen molar-refractivity contribution >= 4 is 29.1 Å².